The summed E-state index contributed by atoms with van der Waals surface area (Å²) in [7, 11) is 0. The summed E-state index contributed by atoms with van der Waals surface area (Å²) in [6.07, 6.45) is 2.08. The van der Waals surface area contributed by atoms with Crippen molar-refractivity contribution in [3.05, 3.63) is 29.8 Å². The van der Waals surface area contributed by atoms with Crippen LogP contribution < -0.4 is 10.6 Å². The van der Waals surface area contributed by atoms with Crippen LogP contribution in [0, 0.1) is 5.92 Å². The second-order valence-electron chi connectivity index (χ2n) is 5.31. The number of nitrogens with one attached hydrogen (secondary N) is 2. The number of carbonyl (C=O) groups excluding carboxylic acids is 1. The molecule has 0 unspecified atom stereocenters. The molecule has 0 aliphatic carbocycles. The first kappa shape index (κ1) is 13.1. The molecule has 1 amide bonds. The highest BCUT2D eigenvalue weighted by Gasteiger charge is 2.20. The number of carbonyl (C=O) groups is 1. The maximum Gasteiger partial charge on any atom is 0.228 e. The van der Waals surface area contributed by atoms with Crippen LogP contribution in [0.15, 0.2) is 24.3 Å². The third-order valence-corrected chi connectivity index (χ3v) is 3.49. The summed E-state index contributed by atoms with van der Waals surface area (Å²) in [5.74, 6) is 0.739. The molecular formula is C15H22N2O. The van der Waals surface area contributed by atoms with Crippen molar-refractivity contribution in [3.63, 3.8) is 0 Å². The molecule has 1 heterocycles. The zero-order valence-electron chi connectivity index (χ0n) is 11.2. The molecule has 2 N–H and O–H groups in total. The van der Waals surface area contributed by atoms with Gasteiger partial charge in [-0.1, -0.05) is 26.0 Å². The number of amides is 1. The van der Waals surface area contributed by atoms with Gasteiger partial charge in [0.2, 0.25) is 5.91 Å². The highest BCUT2D eigenvalue weighted by atomic mass is 16.1. The SMILES string of the molecule is CC(C)c1cccc(NC(=O)[C@@H]2CCCNC2)c1. The lowest BCUT2D eigenvalue weighted by molar-refractivity contribution is -0.120. The van der Waals surface area contributed by atoms with E-state index >= 15 is 0 Å². The van der Waals surface area contributed by atoms with Crippen LogP contribution >= 0.6 is 0 Å². The third kappa shape index (κ3) is 3.33. The smallest absolute Gasteiger partial charge is 0.228 e. The van der Waals surface area contributed by atoms with Gasteiger partial charge < -0.3 is 10.6 Å². The Morgan fingerprint density at radius 3 is 2.94 bits per heavy atom. The van der Waals surface area contributed by atoms with E-state index in [4.69, 9.17) is 0 Å². The minimum Gasteiger partial charge on any atom is -0.326 e. The Morgan fingerprint density at radius 1 is 1.44 bits per heavy atom. The normalized spacial score (nSPS) is 19.8. The van der Waals surface area contributed by atoms with Gasteiger partial charge in [-0.3, -0.25) is 4.79 Å². The second kappa shape index (κ2) is 6.01. The van der Waals surface area contributed by atoms with Gasteiger partial charge in [0.05, 0.1) is 5.92 Å². The molecule has 0 radical (unpaired) electrons. The number of hydrogen-bond acceptors (Lipinski definition) is 2. The Hall–Kier alpha value is -1.35. The summed E-state index contributed by atoms with van der Waals surface area (Å²) in [6, 6.07) is 8.13. The van der Waals surface area contributed by atoms with E-state index < -0.39 is 0 Å². The van der Waals surface area contributed by atoms with Crippen LogP contribution in [0.25, 0.3) is 0 Å². The van der Waals surface area contributed by atoms with E-state index in [2.05, 4.69) is 36.6 Å². The van der Waals surface area contributed by atoms with E-state index in [0.29, 0.717) is 5.92 Å². The van der Waals surface area contributed by atoms with Crippen molar-refractivity contribution in [1.82, 2.24) is 5.32 Å². The minimum atomic E-state index is 0.112. The number of benzene rings is 1. The van der Waals surface area contributed by atoms with Crippen LogP contribution in [0.4, 0.5) is 5.69 Å². The molecule has 1 aliphatic heterocycles. The predicted molar refractivity (Wildman–Crippen MR) is 74.8 cm³/mol. The standard InChI is InChI=1S/C15H22N2O/c1-11(2)12-5-3-7-14(9-12)17-15(18)13-6-4-8-16-10-13/h3,5,7,9,11,13,16H,4,6,8,10H2,1-2H3,(H,17,18)/t13-/m1/s1. The molecule has 1 aromatic rings. The molecule has 0 saturated carbocycles. The summed E-state index contributed by atoms with van der Waals surface area (Å²) >= 11 is 0. The number of rotatable bonds is 3. The topological polar surface area (TPSA) is 41.1 Å². The molecule has 3 heteroatoms. The molecular weight excluding hydrogens is 224 g/mol. The molecule has 1 fully saturated rings. The summed E-state index contributed by atoms with van der Waals surface area (Å²) in [6.45, 7) is 6.15. The summed E-state index contributed by atoms with van der Waals surface area (Å²) < 4.78 is 0. The van der Waals surface area contributed by atoms with E-state index in [1.807, 2.05) is 12.1 Å². The fraction of sp³-hybridized carbons (Fsp3) is 0.533. The number of hydrogen-bond donors (Lipinski definition) is 2. The van der Waals surface area contributed by atoms with Crippen LogP contribution in [-0.4, -0.2) is 19.0 Å². The van der Waals surface area contributed by atoms with Gasteiger partial charge in [0, 0.05) is 12.2 Å². The molecule has 0 spiro atoms. The average molecular weight is 246 g/mol. The monoisotopic (exact) mass is 246 g/mol. The average Bonchev–Trinajstić information content (AvgIpc) is 2.40. The van der Waals surface area contributed by atoms with Crippen molar-refractivity contribution >= 4 is 11.6 Å². The highest BCUT2D eigenvalue weighted by molar-refractivity contribution is 5.92. The van der Waals surface area contributed by atoms with Crippen LogP contribution in [0.2, 0.25) is 0 Å². The van der Waals surface area contributed by atoms with Crippen LogP contribution in [0.3, 0.4) is 0 Å². The van der Waals surface area contributed by atoms with E-state index in [1.165, 1.54) is 5.56 Å². The Bertz CT molecular complexity index is 409. The van der Waals surface area contributed by atoms with Gasteiger partial charge in [-0.15, -0.1) is 0 Å². The van der Waals surface area contributed by atoms with Gasteiger partial charge in [-0.2, -0.15) is 0 Å². The predicted octanol–water partition coefficient (Wildman–Crippen LogP) is 2.75. The molecule has 1 saturated heterocycles. The lowest BCUT2D eigenvalue weighted by atomic mass is 9.98. The van der Waals surface area contributed by atoms with Crippen LogP contribution in [0.1, 0.15) is 38.2 Å². The largest absolute Gasteiger partial charge is 0.326 e. The van der Waals surface area contributed by atoms with E-state index in [0.717, 1.165) is 31.6 Å². The molecule has 1 aromatic carbocycles. The molecule has 0 aromatic heterocycles. The van der Waals surface area contributed by atoms with Crippen LogP contribution in [0.5, 0.6) is 0 Å². The first-order chi connectivity index (χ1) is 8.66. The maximum absolute atomic E-state index is 12.1. The fourth-order valence-corrected chi connectivity index (χ4v) is 2.30. The molecule has 98 valence electrons. The van der Waals surface area contributed by atoms with E-state index in [9.17, 15) is 4.79 Å². The molecule has 1 atom stereocenters. The van der Waals surface area contributed by atoms with Crippen molar-refractivity contribution in [2.45, 2.75) is 32.6 Å². The second-order valence-corrected chi connectivity index (χ2v) is 5.31. The van der Waals surface area contributed by atoms with Gasteiger partial charge in [0.25, 0.3) is 0 Å². The quantitative estimate of drug-likeness (QED) is 0.861. The third-order valence-electron chi connectivity index (χ3n) is 3.49. The Morgan fingerprint density at radius 2 is 2.28 bits per heavy atom. The number of anilines is 1. The minimum absolute atomic E-state index is 0.112. The van der Waals surface area contributed by atoms with Gasteiger partial charge in [0.15, 0.2) is 0 Å². The van der Waals surface area contributed by atoms with Gasteiger partial charge in [-0.25, -0.2) is 0 Å². The Kier molecular flexibility index (Phi) is 4.37. The molecule has 2 rings (SSSR count). The Labute approximate surface area is 109 Å². The first-order valence-electron chi connectivity index (χ1n) is 6.78. The van der Waals surface area contributed by atoms with Gasteiger partial charge in [0.1, 0.15) is 0 Å². The van der Waals surface area contributed by atoms with Crippen molar-refractivity contribution < 1.29 is 4.79 Å². The van der Waals surface area contributed by atoms with E-state index in [-0.39, 0.29) is 11.8 Å². The van der Waals surface area contributed by atoms with Crippen molar-refractivity contribution in [2.75, 3.05) is 18.4 Å². The number of piperidine rings is 1. The molecule has 0 bridgehead atoms. The van der Waals surface area contributed by atoms with Crippen molar-refractivity contribution in [3.8, 4) is 0 Å². The summed E-state index contributed by atoms with van der Waals surface area (Å²) in [5, 5.41) is 6.30. The van der Waals surface area contributed by atoms with Gasteiger partial charge >= 0.3 is 0 Å². The van der Waals surface area contributed by atoms with Gasteiger partial charge in [-0.05, 0) is 43.0 Å². The van der Waals surface area contributed by atoms with Crippen molar-refractivity contribution in [1.29, 1.82) is 0 Å². The van der Waals surface area contributed by atoms with Crippen LogP contribution in [-0.2, 0) is 4.79 Å². The summed E-state index contributed by atoms with van der Waals surface area (Å²) in [5.41, 5.74) is 2.17. The van der Waals surface area contributed by atoms with E-state index in [1.54, 1.807) is 0 Å². The zero-order valence-corrected chi connectivity index (χ0v) is 11.2. The van der Waals surface area contributed by atoms with Crippen molar-refractivity contribution in [2.24, 2.45) is 5.92 Å². The lowest BCUT2D eigenvalue weighted by Crippen LogP contribution is -2.37. The zero-order chi connectivity index (χ0) is 13.0. The molecule has 18 heavy (non-hydrogen) atoms. The lowest BCUT2D eigenvalue weighted by Gasteiger charge is -2.22. The fourth-order valence-electron chi connectivity index (χ4n) is 2.30. The summed E-state index contributed by atoms with van der Waals surface area (Å²) in [4.78, 5) is 12.1. The molecule has 3 nitrogen and oxygen atoms in total. The molecule has 1 aliphatic rings. The Balaban J connectivity index is 1.99. The highest BCUT2D eigenvalue weighted by Crippen LogP contribution is 2.20. The maximum atomic E-state index is 12.1. The first-order valence-corrected chi connectivity index (χ1v) is 6.78.